The fraction of sp³-hybridized carbons (Fsp3) is 1.00. The Labute approximate surface area is 111 Å². The van der Waals surface area contributed by atoms with Crippen molar-refractivity contribution in [2.45, 2.75) is 44.6 Å². The fourth-order valence-corrected chi connectivity index (χ4v) is 2.17. The normalized spacial score (nSPS) is 17.0. The van der Waals surface area contributed by atoms with E-state index in [1.54, 1.807) is 7.11 Å². The van der Waals surface area contributed by atoms with E-state index in [9.17, 15) is 0 Å². The maximum absolute atomic E-state index is 8.62. The Hall–Kier alpha value is -0.160. The summed E-state index contributed by atoms with van der Waals surface area (Å²) in [6, 6.07) is 0. The smallest absolute Gasteiger partial charge is 0.0824 e. The van der Waals surface area contributed by atoms with E-state index in [1.165, 1.54) is 25.8 Å². The van der Waals surface area contributed by atoms with Crippen LogP contribution in [0.1, 0.15) is 38.5 Å². The van der Waals surface area contributed by atoms with E-state index in [1.807, 2.05) is 0 Å². The lowest BCUT2D eigenvalue weighted by atomic mass is 10.1. The summed E-state index contributed by atoms with van der Waals surface area (Å²) in [6.45, 7) is 5.47. The highest BCUT2D eigenvalue weighted by molar-refractivity contribution is 4.79. The van der Waals surface area contributed by atoms with Crippen molar-refractivity contribution < 1.29 is 14.6 Å². The van der Waals surface area contributed by atoms with Gasteiger partial charge in [0.1, 0.15) is 0 Å². The number of hydrogen-bond donors (Lipinski definition) is 1. The molecule has 0 aromatic carbocycles. The first-order valence-corrected chi connectivity index (χ1v) is 7.30. The van der Waals surface area contributed by atoms with Crippen molar-refractivity contribution in [2.24, 2.45) is 0 Å². The highest BCUT2D eigenvalue weighted by Gasteiger charge is 2.24. The molecule has 1 aliphatic rings. The van der Waals surface area contributed by atoms with Crippen LogP contribution in [0.25, 0.3) is 0 Å². The van der Waals surface area contributed by atoms with Crippen LogP contribution in [0.15, 0.2) is 0 Å². The lowest BCUT2D eigenvalue weighted by molar-refractivity contribution is -0.0298. The van der Waals surface area contributed by atoms with Crippen LogP contribution in [0.5, 0.6) is 0 Å². The molecule has 0 saturated carbocycles. The van der Waals surface area contributed by atoms with Crippen molar-refractivity contribution >= 4 is 0 Å². The zero-order chi connectivity index (χ0) is 13.1. The summed E-state index contributed by atoms with van der Waals surface area (Å²) < 4.78 is 10.8. The minimum absolute atomic E-state index is 0.306. The van der Waals surface area contributed by atoms with Crippen LogP contribution in [0.3, 0.4) is 0 Å². The molecule has 18 heavy (non-hydrogen) atoms. The molecule has 4 nitrogen and oxygen atoms in total. The van der Waals surface area contributed by atoms with Crippen molar-refractivity contribution in [2.75, 3.05) is 46.6 Å². The molecule has 1 rings (SSSR count). The molecule has 4 heteroatoms. The molecule has 1 fully saturated rings. The van der Waals surface area contributed by atoms with Crippen LogP contribution < -0.4 is 0 Å². The number of aliphatic hydroxyl groups is 1. The van der Waals surface area contributed by atoms with Gasteiger partial charge in [0.15, 0.2) is 0 Å². The average molecular weight is 259 g/mol. The largest absolute Gasteiger partial charge is 0.396 e. The summed E-state index contributed by atoms with van der Waals surface area (Å²) in [6.07, 6.45) is 7.23. The number of hydrogen-bond acceptors (Lipinski definition) is 4. The molecule has 1 N–H and O–H groups in total. The van der Waals surface area contributed by atoms with Gasteiger partial charge in [0, 0.05) is 40.0 Å². The third-order valence-electron chi connectivity index (χ3n) is 3.47. The van der Waals surface area contributed by atoms with Crippen molar-refractivity contribution in [3.8, 4) is 0 Å². The van der Waals surface area contributed by atoms with Crippen LogP contribution in [0, 0.1) is 0 Å². The molecule has 0 amide bonds. The van der Waals surface area contributed by atoms with Crippen molar-refractivity contribution in [3.63, 3.8) is 0 Å². The Morgan fingerprint density at radius 1 is 1.00 bits per heavy atom. The first-order valence-electron chi connectivity index (χ1n) is 7.30. The SMILES string of the molecule is COC1CN(CCCCCOCCCCCO)C1. The van der Waals surface area contributed by atoms with Crippen LogP contribution in [0.2, 0.25) is 0 Å². The van der Waals surface area contributed by atoms with E-state index in [2.05, 4.69) is 4.90 Å². The Balaban J connectivity index is 1.69. The molecule has 0 radical (unpaired) electrons. The molecular formula is C14H29NO3. The van der Waals surface area contributed by atoms with Gasteiger partial charge in [-0.1, -0.05) is 0 Å². The Bertz CT molecular complexity index is 184. The van der Waals surface area contributed by atoms with Crippen LogP contribution in [0.4, 0.5) is 0 Å². The summed E-state index contributed by atoms with van der Waals surface area (Å²) in [7, 11) is 1.79. The van der Waals surface area contributed by atoms with Crippen molar-refractivity contribution in [3.05, 3.63) is 0 Å². The standard InChI is InChI=1S/C14H29NO3/c1-17-14-12-15(13-14)8-4-2-6-10-18-11-7-3-5-9-16/h14,16H,2-13H2,1H3. The maximum atomic E-state index is 8.62. The number of unbranched alkanes of at least 4 members (excludes halogenated alkanes) is 4. The topological polar surface area (TPSA) is 41.9 Å². The third-order valence-corrected chi connectivity index (χ3v) is 3.47. The monoisotopic (exact) mass is 259 g/mol. The van der Waals surface area contributed by atoms with Gasteiger partial charge < -0.3 is 14.6 Å². The number of rotatable bonds is 12. The molecule has 0 aromatic heterocycles. The van der Waals surface area contributed by atoms with E-state index >= 15 is 0 Å². The van der Waals surface area contributed by atoms with Gasteiger partial charge in [0.05, 0.1) is 6.10 Å². The van der Waals surface area contributed by atoms with Crippen LogP contribution >= 0.6 is 0 Å². The average Bonchev–Trinajstić information content (AvgIpc) is 2.33. The van der Waals surface area contributed by atoms with Crippen LogP contribution in [-0.2, 0) is 9.47 Å². The van der Waals surface area contributed by atoms with Gasteiger partial charge in [-0.2, -0.15) is 0 Å². The predicted octanol–water partition coefficient (Wildman–Crippen LogP) is 1.67. The zero-order valence-corrected chi connectivity index (χ0v) is 11.8. The summed E-state index contributed by atoms with van der Waals surface area (Å²) in [5, 5.41) is 8.62. The summed E-state index contributed by atoms with van der Waals surface area (Å²) in [5.74, 6) is 0. The highest BCUT2D eigenvalue weighted by Crippen LogP contribution is 2.11. The molecule has 0 unspecified atom stereocenters. The van der Waals surface area contributed by atoms with Crippen LogP contribution in [-0.4, -0.2) is 62.7 Å². The zero-order valence-electron chi connectivity index (χ0n) is 11.8. The third kappa shape index (κ3) is 7.31. The lowest BCUT2D eigenvalue weighted by Crippen LogP contribution is -2.51. The molecular weight excluding hydrogens is 230 g/mol. The second kappa shape index (κ2) is 10.7. The number of aliphatic hydroxyl groups excluding tert-OH is 1. The molecule has 1 saturated heterocycles. The van der Waals surface area contributed by atoms with E-state index < -0.39 is 0 Å². The minimum Gasteiger partial charge on any atom is -0.396 e. The Morgan fingerprint density at radius 3 is 2.28 bits per heavy atom. The van der Waals surface area contributed by atoms with Gasteiger partial charge >= 0.3 is 0 Å². The molecule has 0 spiro atoms. The maximum Gasteiger partial charge on any atom is 0.0824 e. The first kappa shape index (κ1) is 15.9. The van der Waals surface area contributed by atoms with Crippen molar-refractivity contribution in [1.82, 2.24) is 4.90 Å². The van der Waals surface area contributed by atoms with Gasteiger partial charge in [0.25, 0.3) is 0 Å². The second-order valence-electron chi connectivity index (χ2n) is 5.07. The Kier molecular flexibility index (Phi) is 9.48. The molecule has 1 heterocycles. The van der Waals surface area contributed by atoms with Gasteiger partial charge in [-0.25, -0.2) is 0 Å². The minimum atomic E-state index is 0.306. The number of ether oxygens (including phenoxy) is 2. The molecule has 108 valence electrons. The van der Waals surface area contributed by atoms with Gasteiger partial charge in [-0.15, -0.1) is 0 Å². The van der Waals surface area contributed by atoms with Gasteiger partial charge in [-0.3, -0.25) is 4.90 Å². The van der Waals surface area contributed by atoms with Gasteiger partial charge in [0.2, 0.25) is 0 Å². The Morgan fingerprint density at radius 2 is 1.67 bits per heavy atom. The molecule has 0 atom stereocenters. The predicted molar refractivity (Wildman–Crippen MR) is 72.8 cm³/mol. The molecule has 0 aliphatic carbocycles. The summed E-state index contributed by atoms with van der Waals surface area (Å²) in [4.78, 5) is 2.45. The van der Waals surface area contributed by atoms with Gasteiger partial charge in [-0.05, 0) is 45.1 Å². The number of methoxy groups -OCH3 is 1. The molecule has 1 aliphatic heterocycles. The van der Waals surface area contributed by atoms with E-state index in [0.29, 0.717) is 12.7 Å². The lowest BCUT2D eigenvalue weighted by Gasteiger charge is -2.38. The second-order valence-corrected chi connectivity index (χ2v) is 5.07. The quantitative estimate of drug-likeness (QED) is 0.541. The van der Waals surface area contributed by atoms with E-state index in [4.69, 9.17) is 14.6 Å². The molecule has 0 aromatic rings. The summed E-state index contributed by atoms with van der Waals surface area (Å²) in [5.41, 5.74) is 0. The van der Waals surface area contributed by atoms with Crippen molar-refractivity contribution in [1.29, 1.82) is 0 Å². The summed E-state index contributed by atoms with van der Waals surface area (Å²) >= 11 is 0. The number of nitrogens with zero attached hydrogens (tertiary/aromatic N) is 1. The van der Waals surface area contributed by atoms with E-state index in [-0.39, 0.29) is 0 Å². The number of likely N-dealkylation sites (tertiary alicyclic amines) is 1. The van der Waals surface area contributed by atoms with E-state index in [0.717, 1.165) is 45.6 Å². The fourth-order valence-electron chi connectivity index (χ4n) is 2.17. The molecule has 0 bridgehead atoms. The first-order chi connectivity index (χ1) is 8.86. The highest BCUT2D eigenvalue weighted by atomic mass is 16.5.